The van der Waals surface area contributed by atoms with Crippen LogP contribution in [0.4, 0.5) is 33.6 Å². The molecular weight excluding hydrogens is 481 g/mol. The summed E-state index contributed by atoms with van der Waals surface area (Å²) in [6, 6.07) is 3.77. The molecule has 6 nitrogen and oxygen atoms in total. The molecule has 36 heavy (non-hydrogen) atoms. The van der Waals surface area contributed by atoms with Gasteiger partial charge in [-0.15, -0.1) is 0 Å². The van der Waals surface area contributed by atoms with Crippen LogP contribution >= 0.6 is 0 Å². The Morgan fingerprint density at radius 1 is 1.25 bits per heavy atom. The molecule has 2 N–H and O–H groups in total. The first-order chi connectivity index (χ1) is 16.9. The molecule has 2 aromatic heterocycles. The Hall–Kier alpha value is -2.82. The minimum absolute atomic E-state index is 0.000714. The van der Waals surface area contributed by atoms with Crippen molar-refractivity contribution in [2.45, 2.75) is 64.1 Å². The lowest BCUT2D eigenvalue weighted by Gasteiger charge is -2.37. The number of hydrogen-bond acceptors (Lipinski definition) is 5. The molecule has 1 aliphatic heterocycles. The van der Waals surface area contributed by atoms with E-state index in [9.17, 15) is 26.7 Å². The predicted octanol–water partition coefficient (Wildman–Crippen LogP) is 5.46. The molecule has 0 bridgehead atoms. The molecule has 2 aromatic rings. The standard InChI is InChI=1S/C25H30F5N5O/c1-4-17-13-31-9-10-35(17)20-12-16(24(3,26)27)11-19(33-20)18-7-8-32-22(34-23(36)15-5-6-15)21(18)14(2)25(28,29)30/h7-8,11-12,14-15,17,31H,4-6,9-10,13H2,1-3H3,(H,32,34,36). The highest BCUT2D eigenvalue weighted by atomic mass is 19.4. The summed E-state index contributed by atoms with van der Waals surface area (Å²) >= 11 is 0. The van der Waals surface area contributed by atoms with E-state index in [2.05, 4.69) is 20.6 Å². The zero-order valence-corrected chi connectivity index (χ0v) is 20.4. The molecule has 1 saturated heterocycles. The van der Waals surface area contributed by atoms with E-state index in [1.165, 1.54) is 18.3 Å². The Labute approximate surface area is 206 Å². The second-order valence-electron chi connectivity index (χ2n) is 9.59. The van der Waals surface area contributed by atoms with E-state index in [0.29, 0.717) is 32.5 Å². The van der Waals surface area contributed by atoms with E-state index < -0.39 is 23.9 Å². The molecule has 196 valence electrons. The number of amides is 1. The van der Waals surface area contributed by atoms with Crippen LogP contribution < -0.4 is 15.5 Å². The number of rotatable bonds is 7. The van der Waals surface area contributed by atoms with Crippen LogP contribution in [0.3, 0.4) is 0 Å². The monoisotopic (exact) mass is 511 g/mol. The molecule has 2 unspecified atom stereocenters. The summed E-state index contributed by atoms with van der Waals surface area (Å²) in [5, 5.41) is 5.80. The number of carbonyl (C=O) groups is 1. The number of hydrogen-bond donors (Lipinski definition) is 2. The van der Waals surface area contributed by atoms with E-state index in [4.69, 9.17) is 0 Å². The molecule has 2 aliphatic rings. The summed E-state index contributed by atoms with van der Waals surface area (Å²) in [6.45, 7) is 5.49. The summed E-state index contributed by atoms with van der Waals surface area (Å²) in [7, 11) is 0. The zero-order valence-electron chi connectivity index (χ0n) is 20.4. The maximum Gasteiger partial charge on any atom is 0.395 e. The molecule has 0 radical (unpaired) electrons. The summed E-state index contributed by atoms with van der Waals surface area (Å²) in [5.74, 6) is -5.86. The van der Waals surface area contributed by atoms with Crippen molar-refractivity contribution in [3.8, 4) is 11.3 Å². The van der Waals surface area contributed by atoms with Crippen molar-refractivity contribution in [3.05, 3.63) is 35.5 Å². The number of aromatic nitrogens is 2. The molecule has 4 rings (SSSR count). The molecular formula is C25H30F5N5O. The van der Waals surface area contributed by atoms with Crippen LogP contribution in [0.5, 0.6) is 0 Å². The molecule has 2 fully saturated rings. The molecule has 0 aromatic carbocycles. The van der Waals surface area contributed by atoms with E-state index >= 15 is 0 Å². The second kappa shape index (κ2) is 9.91. The van der Waals surface area contributed by atoms with Crippen molar-refractivity contribution in [2.75, 3.05) is 29.9 Å². The fourth-order valence-corrected chi connectivity index (χ4v) is 4.44. The van der Waals surface area contributed by atoms with Gasteiger partial charge in [0.15, 0.2) is 0 Å². The Kier molecular flexibility index (Phi) is 7.23. The van der Waals surface area contributed by atoms with E-state index in [0.717, 1.165) is 26.3 Å². The lowest BCUT2D eigenvalue weighted by atomic mass is 9.92. The van der Waals surface area contributed by atoms with Gasteiger partial charge < -0.3 is 15.5 Å². The van der Waals surface area contributed by atoms with Gasteiger partial charge in [-0.05, 0) is 44.4 Å². The van der Waals surface area contributed by atoms with Crippen LogP contribution in [0.25, 0.3) is 11.3 Å². The molecule has 3 heterocycles. The Morgan fingerprint density at radius 3 is 2.58 bits per heavy atom. The number of carbonyl (C=O) groups excluding carboxylic acids is 1. The Bertz CT molecular complexity index is 1110. The van der Waals surface area contributed by atoms with Gasteiger partial charge in [-0.25, -0.2) is 18.7 Å². The topological polar surface area (TPSA) is 70.2 Å². The number of halogens is 5. The van der Waals surface area contributed by atoms with Crippen molar-refractivity contribution >= 4 is 17.5 Å². The van der Waals surface area contributed by atoms with Gasteiger partial charge in [0, 0.05) is 61.4 Å². The van der Waals surface area contributed by atoms with Gasteiger partial charge in [-0.2, -0.15) is 13.2 Å². The fourth-order valence-electron chi connectivity index (χ4n) is 4.44. The number of pyridine rings is 2. The lowest BCUT2D eigenvalue weighted by molar-refractivity contribution is -0.146. The lowest BCUT2D eigenvalue weighted by Crippen LogP contribution is -2.51. The Morgan fingerprint density at radius 2 is 1.97 bits per heavy atom. The maximum absolute atomic E-state index is 14.6. The van der Waals surface area contributed by atoms with Gasteiger partial charge >= 0.3 is 6.18 Å². The third-order valence-electron chi connectivity index (χ3n) is 6.81. The quantitative estimate of drug-likeness (QED) is 0.484. The van der Waals surface area contributed by atoms with Gasteiger partial charge in [-0.3, -0.25) is 4.79 Å². The summed E-state index contributed by atoms with van der Waals surface area (Å²) in [5.41, 5.74) is -0.646. The van der Waals surface area contributed by atoms with Gasteiger partial charge in [0.05, 0.1) is 11.6 Å². The first-order valence-corrected chi connectivity index (χ1v) is 12.1. The zero-order chi connectivity index (χ0) is 26.3. The fraction of sp³-hybridized carbons (Fsp3) is 0.560. The predicted molar refractivity (Wildman–Crippen MR) is 127 cm³/mol. The van der Waals surface area contributed by atoms with Crippen LogP contribution in [0.15, 0.2) is 24.4 Å². The third-order valence-corrected chi connectivity index (χ3v) is 6.81. The van der Waals surface area contributed by atoms with E-state index in [1.54, 1.807) is 0 Å². The summed E-state index contributed by atoms with van der Waals surface area (Å²) < 4.78 is 71.0. The molecule has 1 aliphatic carbocycles. The van der Waals surface area contributed by atoms with Gasteiger partial charge in [0.25, 0.3) is 5.92 Å². The smallest absolute Gasteiger partial charge is 0.351 e. The SMILES string of the molecule is CCC1CNCCN1c1cc(C(C)(F)F)cc(-c2ccnc(NC(=O)C3CC3)c2C(C)C(F)(F)F)n1. The highest BCUT2D eigenvalue weighted by molar-refractivity contribution is 5.94. The van der Waals surface area contributed by atoms with Crippen LogP contribution in [-0.2, 0) is 10.7 Å². The largest absolute Gasteiger partial charge is 0.395 e. The van der Waals surface area contributed by atoms with Crippen molar-refractivity contribution < 1.29 is 26.7 Å². The molecule has 1 amide bonds. The number of anilines is 2. The minimum atomic E-state index is -4.65. The van der Waals surface area contributed by atoms with Crippen LogP contribution in [0, 0.1) is 5.92 Å². The molecule has 11 heteroatoms. The number of nitrogens with one attached hydrogen (secondary N) is 2. The maximum atomic E-state index is 14.6. The summed E-state index contributed by atoms with van der Waals surface area (Å²) in [4.78, 5) is 22.9. The first-order valence-electron chi connectivity index (χ1n) is 12.1. The van der Waals surface area contributed by atoms with Crippen molar-refractivity contribution in [1.29, 1.82) is 0 Å². The number of alkyl halides is 5. The van der Waals surface area contributed by atoms with E-state index in [-0.39, 0.29) is 46.0 Å². The second-order valence-corrected chi connectivity index (χ2v) is 9.59. The van der Waals surface area contributed by atoms with Crippen LogP contribution in [0.1, 0.15) is 57.1 Å². The van der Waals surface area contributed by atoms with Crippen molar-refractivity contribution in [3.63, 3.8) is 0 Å². The minimum Gasteiger partial charge on any atom is -0.351 e. The Balaban J connectivity index is 1.89. The number of piperazine rings is 1. The normalized spacial score (nSPS) is 19.8. The van der Waals surface area contributed by atoms with E-state index in [1.807, 2.05) is 11.8 Å². The molecule has 1 saturated carbocycles. The molecule has 0 spiro atoms. The summed E-state index contributed by atoms with van der Waals surface area (Å²) in [6.07, 6.45) is -1.32. The highest BCUT2D eigenvalue weighted by Gasteiger charge is 2.41. The van der Waals surface area contributed by atoms with Crippen molar-refractivity contribution in [2.24, 2.45) is 5.92 Å². The van der Waals surface area contributed by atoms with Crippen molar-refractivity contribution in [1.82, 2.24) is 15.3 Å². The van der Waals surface area contributed by atoms with Gasteiger partial charge in [0.2, 0.25) is 5.91 Å². The molecule has 2 atom stereocenters. The first kappa shape index (κ1) is 26.2. The average molecular weight is 512 g/mol. The van der Waals surface area contributed by atoms with Crippen LogP contribution in [0.2, 0.25) is 0 Å². The van der Waals surface area contributed by atoms with Crippen LogP contribution in [-0.4, -0.2) is 47.7 Å². The van der Waals surface area contributed by atoms with Gasteiger partial charge in [0.1, 0.15) is 11.6 Å². The van der Waals surface area contributed by atoms with Gasteiger partial charge in [-0.1, -0.05) is 6.92 Å². The average Bonchev–Trinajstić information content (AvgIpc) is 3.68. The highest BCUT2D eigenvalue weighted by Crippen LogP contribution is 2.44. The number of nitrogens with zero attached hydrogens (tertiary/aromatic N) is 3. The third kappa shape index (κ3) is 5.61.